The summed E-state index contributed by atoms with van der Waals surface area (Å²) >= 11 is 6.07. The molecule has 0 unspecified atom stereocenters. The summed E-state index contributed by atoms with van der Waals surface area (Å²) < 4.78 is 25.4. The number of benzene rings is 1. The number of nitrogen functional groups attached to an aromatic ring is 1. The van der Waals surface area contributed by atoms with Gasteiger partial charge in [0, 0.05) is 6.04 Å². The van der Waals surface area contributed by atoms with Gasteiger partial charge in [0.2, 0.25) is 0 Å². The second-order valence-electron chi connectivity index (χ2n) is 6.89. The molecule has 8 heteroatoms. The maximum atomic E-state index is 13.1. The zero-order valence-corrected chi connectivity index (χ0v) is 16.1. The van der Waals surface area contributed by atoms with E-state index in [1.807, 2.05) is 0 Å². The van der Waals surface area contributed by atoms with E-state index in [0.717, 1.165) is 13.1 Å². The lowest BCUT2D eigenvalue weighted by Gasteiger charge is -2.45. The van der Waals surface area contributed by atoms with Gasteiger partial charge in [-0.1, -0.05) is 18.0 Å². The van der Waals surface area contributed by atoms with Crippen LogP contribution in [0.4, 0.5) is 5.69 Å². The molecular formula is C16H24Cl2N2O3S. The molecule has 1 aromatic carbocycles. The first-order valence-electron chi connectivity index (χ1n) is 8.02. The Morgan fingerprint density at radius 1 is 1.29 bits per heavy atom. The van der Waals surface area contributed by atoms with Gasteiger partial charge in [-0.3, -0.25) is 0 Å². The Hall–Kier alpha value is -0.690. The highest BCUT2D eigenvalue weighted by atomic mass is 35.5. The first kappa shape index (κ1) is 19.6. The molecule has 1 aliphatic heterocycles. The predicted molar refractivity (Wildman–Crippen MR) is 98.8 cm³/mol. The van der Waals surface area contributed by atoms with Crippen LogP contribution in [0.1, 0.15) is 39.0 Å². The number of hydrogen-bond acceptors (Lipinski definition) is 5. The van der Waals surface area contributed by atoms with Gasteiger partial charge in [0.15, 0.2) is 15.6 Å². The highest BCUT2D eigenvalue weighted by Gasteiger charge is 2.46. The maximum absolute atomic E-state index is 13.1. The van der Waals surface area contributed by atoms with Crippen LogP contribution in [-0.2, 0) is 9.84 Å². The molecule has 1 aromatic rings. The molecule has 2 aliphatic rings. The Labute approximate surface area is 154 Å². The van der Waals surface area contributed by atoms with E-state index in [-0.39, 0.29) is 28.0 Å². The van der Waals surface area contributed by atoms with Gasteiger partial charge in [0.05, 0.1) is 15.5 Å². The lowest BCUT2D eigenvalue weighted by molar-refractivity contribution is 0.0932. The van der Waals surface area contributed by atoms with Crippen LogP contribution in [0, 0.1) is 0 Å². The number of hydrogen-bond donors (Lipinski definition) is 2. The molecule has 0 amide bonds. The molecule has 2 fully saturated rings. The van der Waals surface area contributed by atoms with Gasteiger partial charge < -0.3 is 15.7 Å². The van der Waals surface area contributed by atoms with Crippen molar-refractivity contribution < 1.29 is 13.5 Å². The number of piperidine rings is 1. The van der Waals surface area contributed by atoms with E-state index in [0.29, 0.717) is 18.9 Å². The molecule has 0 aromatic heterocycles. The largest absolute Gasteiger partial charge is 0.504 e. The standard InChI is InChI=1S/C16H23ClN2O3S.ClH/c1-16(7-9-19(10-8-16)11-3-2-4-11)23(21,22)15-12(17)5-6-13(18)14(15)20;/h5-6,11,20H,2-4,7-10,18H2,1H3;1H. The molecule has 0 radical (unpaired) electrons. The van der Waals surface area contributed by atoms with Crippen molar-refractivity contribution >= 4 is 39.5 Å². The molecule has 136 valence electrons. The minimum absolute atomic E-state index is 0. The summed E-state index contributed by atoms with van der Waals surface area (Å²) in [5.41, 5.74) is 5.70. The average Bonchev–Trinajstić information content (AvgIpc) is 2.44. The van der Waals surface area contributed by atoms with Gasteiger partial charge in [0.25, 0.3) is 0 Å². The molecule has 0 spiro atoms. The molecule has 1 saturated carbocycles. The number of phenols is 1. The van der Waals surface area contributed by atoms with Crippen LogP contribution in [0.15, 0.2) is 17.0 Å². The molecule has 0 bridgehead atoms. The number of rotatable bonds is 3. The quantitative estimate of drug-likeness (QED) is 0.607. The normalized spacial score (nSPS) is 21.8. The summed E-state index contributed by atoms with van der Waals surface area (Å²) in [6.45, 7) is 3.28. The van der Waals surface area contributed by atoms with Crippen LogP contribution in [0.5, 0.6) is 5.75 Å². The summed E-state index contributed by atoms with van der Waals surface area (Å²) in [4.78, 5) is 2.17. The first-order valence-corrected chi connectivity index (χ1v) is 9.88. The van der Waals surface area contributed by atoms with Crippen LogP contribution in [0.2, 0.25) is 5.02 Å². The zero-order chi connectivity index (χ0) is 16.8. The van der Waals surface area contributed by atoms with Gasteiger partial charge in [-0.25, -0.2) is 8.42 Å². The Bertz CT molecular complexity index is 712. The van der Waals surface area contributed by atoms with E-state index < -0.39 is 20.3 Å². The van der Waals surface area contributed by atoms with E-state index in [9.17, 15) is 13.5 Å². The summed E-state index contributed by atoms with van der Waals surface area (Å²) in [7, 11) is -3.77. The van der Waals surface area contributed by atoms with E-state index in [1.54, 1.807) is 6.92 Å². The van der Waals surface area contributed by atoms with E-state index in [4.69, 9.17) is 17.3 Å². The third-order valence-corrected chi connectivity index (χ3v) is 8.56. The van der Waals surface area contributed by atoms with Gasteiger partial charge in [-0.15, -0.1) is 12.4 Å². The number of likely N-dealkylation sites (tertiary alicyclic amines) is 1. The highest BCUT2D eigenvalue weighted by molar-refractivity contribution is 7.93. The second kappa shape index (κ2) is 6.90. The fourth-order valence-corrected chi connectivity index (χ4v) is 5.81. The van der Waals surface area contributed by atoms with E-state index in [1.165, 1.54) is 31.4 Å². The van der Waals surface area contributed by atoms with Crippen molar-refractivity contribution in [3.8, 4) is 5.75 Å². The van der Waals surface area contributed by atoms with E-state index >= 15 is 0 Å². The summed E-state index contributed by atoms with van der Waals surface area (Å²) in [6.07, 6.45) is 4.77. The SMILES string of the molecule is CC1(S(=O)(=O)c2c(Cl)ccc(N)c2O)CCN(C2CCC2)CC1.Cl. The van der Waals surface area contributed by atoms with Crippen molar-refractivity contribution in [2.24, 2.45) is 0 Å². The van der Waals surface area contributed by atoms with Crippen molar-refractivity contribution in [1.82, 2.24) is 4.90 Å². The van der Waals surface area contributed by atoms with Crippen LogP contribution in [0.25, 0.3) is 0 Å². The Morgan fingerprint density at radius 2 is 1.88 bits per heavy atom. The van der Waals surface area contributed by atoms with Crippen molar-refractivity contribution in [3.63, 3.8) is 0 Å². The number of sulfone groups is 1. The average molecular weight is 395 g/mol. The van der Waals surface area contributed by atoms with Crippen LogP contribution in [-0.4, -0.2) is 42.3 Å². The number of aromatic hydroxyl groups is 1. The third-order valence-electron chi connectivity index (χ3n) is 5.48. The Morgan fingerprint density at radius 3 is 2.38 bits per heavy atom. The first-order chi connectivity index (χ1) is 10.8. The molecule has 0 atom stereocenters. The highest BCUT2D eigenvalue weighted by Crippen LogP contribution is 2.44. The lowest BCUT2D eigenvalue weighted by Crippen LogP contribution is -2.51. The Balaban J connectivity index is 0.00000208. The molecule has 1 saturated heterocycles. The predicted octanol–water partition coefficient (Wildman–Crippen LogP) is 3.23. The summed E-state index contributed by atoms with van der Waals surface area (Å²) in [6, 6.07) is 3.46. The van der Waals surface area contributed by atoms with Gasteiger partial charge >= 0.3 is 0 Å². The van der Waals surface area contributed by atoms with Crippen molar-refractivity contribution in [2.75, 3.05) is 18.8 Å². The van der Waals surface area contributed by atoms with Crippen LogP contribution in [0.3, 0.4) is 0 Å². The number of nitrogens with two attached hydrogens (primary N) is 1. The molecular weight excluding hydrogens is 371 g/mol. The monoisotopic (exact) mass is 394 g/mol. The molecule has 3 rings (SSSR count). The summed E-state index contributed by atoms with van der Waals surface area (Å²) in [5, 5.41) is 10.2. The topological polar surface area (TPSA) is 83.6 Å². The van der Waals surface area contributed by atoms with Crippen LogP contribution < -0.4 is 5.73 Å². The minimum Gasteiger partial charge on any atom is -0.504 e. The molecule has 5 nitrogen and oxygen atoms in total. The maximum Gasteiger partial charge on any atom is 0.189 e. The summed E-state index contributed by atoms with van der Waals surface area (Å²) in [5.74, 6) is -0.430. The molecule has 3 N–H and O–H groups in total. The van der Waals surface area contributed by atoms with Gasteiger partial charge in [-0.2, -0.15) is 0 Å². The fourth-order valence-electron chi connectivity index (χ4n) is 3.45. The lowest BCUT2D eigenvalue weighted by atomic mass is 9.88. The van der Waals surface area contributed by atoms with Crippen molar-refractivity contribution in [1.29, 1.82) is 0 Å². The molecule has 1 heterocycles. The van der Waals surface area contributed by atoms with Gasteiger partial charge in [-0.05, 0) is 57.8 Å². The number of phenolic OH excluding ortho intramolecular Hbond substituents is 1. The number of nitrogens with zero attached hydrogens (tertiary/aromatic N) is 1. The smallest absolute Gasteiger partial charge is 0.189 e. The third kappa shape index (κ3) is 3.09. The number of anilines is 1. The molecule has 1 aliphatic carbocycles. The number of halogens is 2. The zero-order valence-electron chi connectivity index (χ0n) is 13.7. The van der Waals surface area contributed by atoms with Crippen molar-refractivity contribution in [2.45, 2.75) is 54.7 Å². The minimum atomic E-state index is -3.77. The van der Waals surface area contributed by atoms with Gasteiger partial charge in [0.1, 0.15) is 4.90 Å². The Kier molecular flexibility index (Phi) is 5.65. The molecule has 24 heavy (non-hydrogen) atoms. The van der Waals surface area contributed by atoms with E-state index in [2.05, 4.69) is 4.90 Å². The fraction of sp³-hybridized carbons (Fsp3) is 0.625. The van der Waals surface area contributed by atoms with Crippen LogP contribution >= 0.6 is 24.0 Å². The van der Waals surface area contributed by atoms with Crippen molar-refractivity contribution in [3.05, 3.63) is 17.2 Å². The second-order valence-corrected chi connectivity index (χ2v) is 9.70.